The van der Waals surface area contributed by atoms with Gasteiger partial charge in [-0.05, 0) is 6.07 Å². The first-order valence-electron chi connectivity index (χ1n) is 4.32. The Morgan fingerprint density at radius 3 is 2.69 bits per heavy atom. The molecule has 6 nitrogen and oxygen atoms in total. The fraction of sp³-hybridized carbons (Fsp3) is 0. The summed E-state index contributed by atoms with van der Waals surface area (Å²) in [6.07, 6.45) is 5.64. The molecule has 1 amide bonds. The van der Waals surface area contributed by atoms with Crippen LogP contribution in [0, 0.1) is 0 Å². The Morgan fingerprint density at radius 2 is 2.00 bits per heavy atom. The summed E-state index contributed by atoms with van der Waals surface area (Å²) < 4.78 is 0. The second kappa shape index (κ2) is 4.63. The molecule has 16 heavy (non-hydrogen) atoms. The smallest absolute Gasteiger partial charge is 0.258 e. The molecule has 0 aliphatic heterocycles. The number of aromatic nitrogens is 4. The molecule has 0 saturated heterocycles. The van der Waals surface area contributed by atoms with Gasteiger partial charge in [-0.1, -0.05) is 11.6 Å². The highest BCUT2D eigenvalue weighted by Crippen LogP contribution is 2.14. The molecule has 2 heterocycles. The molecule has 2 rings (SSSR count). The second-order valence-electron chi connectivity index (χ2n) is 2.78. The molecule has 0 saturated carbocycles. The van der Waals surface area contributed by atoms with Gasteiger partial charge in [0.05, 0.1) is 18.0 Å². The van der Waals surface area contributed by atoms with E-state index in [0.29, 0.717) is 5.56 Å². The van der Waals surface area contributed by atoms with Crippen LogP contribution in [-0.2, 0) is 0 Å². The molecule has 0 aromatic carbocycles. The number of anilines is 1. The minimum absolute atomic E-state index is 0.137. The zero-order valence-corrected chi connectivity index (χ0v) is 8.72. The molecule has 0 unspecified atom stereocenters. The van der Waals surface area contributed by atoms with E-state index in [1.54, 1.807) is 0 Å². The number of nitrogens with zero attached hydrogens (tertiary/aromatic N) is 4. The summed E-state index contributed by atoms with van der Waals surface area (Å²) in [7, 11) is 0. The third-order valence-electron chi connectivity index (χ3n) is 1.73. The highest BCUT2D eigenvalue weighted by molar-refractivity contribution is 6.32. The van der Waals surface area contributed by atoms with Gasteiger partial charge in [-0.15, -0.1) is 0 Å². The van der Waals surface area contributed by atoms with Gasteiger partial charge in [0.15, 0.2) is 11.0 Å². The van der Waals surface area contributed by atoms with Crippen LogP contribution >= 0.6 is 11.6 Å². The second-order valence-corrected chi connectivity index (χ2v) is 3.14. The number of hydrogen-bond acceptors (Lipinski definition) is 5. The molecule has 0 fully saturated rings. The van der Waals surface area contributed by atoms with Crippen molar-refractivity contribution in [2.24, 2.45) is 0 Å². The van der Waals surface area contributed by atoms with Gasteiger partial charge in [-0.25, -0.2) is 9.97 Å². The van der Waals surface area contributed by atoms with Gasteiger partial charge in [0.1, 0.15) is 0 Å². The molecule has 1 N–H and O–H groups in total. The van der Waals surface area contributed by atoms with Crippen molar-refractivity contribution in [3.63, 3.8) is 0 Å². The molecule has 7 heteroatoms. The van der Waals surface area contributed by atoms with Crippen molar-refractivity contribution in [1.29, 1.82) is 0 Å². The van der Waals surface area contributed by atoms with Crippen LogP contribution in [0.1, 0.15) is 10.4 Å². The van der Waals surface area contributed by atoms with Crippen LogP contribution in [0.3, 0.4) is 0 Å². The van der Waals surface area contributed by atoms with E-state index in [1.165, 1.54) is 30.9 Å². The normalized spacial score (nSPS) is 9.81. The number of amides is 1. The molecule has 0 aliphatic carbocycles. The summed E-state index contributed by atoms with van der Waals surface area (Å²) in [5, 5.41) is 9.81. The van der Waals surface area contributed by atoms with Gasteiger partial charge >= 0.3 is 0 Å². The topological polar surface area (TPSA) is 80.7 Å². The van der Waals surface area contributed by atoms with Crippen LogP contribution in [0.2, 0.25) is 5.15 Å². The lowest BCUT2D eigenvalue weighted by atomic mass is 10.3. The first kappa shape index (κ1) is 10.4. The lowest BCUT2D eigenvalue weighted by Gasteiger charge is -2.03. The van der Waals surface area contributed by atoms with Gasteiger partial charge in [0.2, 0.25) is 0 Å². The minimum atomic E-state index is -0.364. The zero-order valence-electron chi connectivity index (χ0n) is 7.96. The Hall–Kier alpha value is -2.08. The van der Waals surface area contributed by atoms with E-state index in [-0.39, 0.29) is 16.9 Å². The van der Waals surface area contributed by atoms with Gasteiger partial charge in [-0.3, -0.25) is 4.79 Å². The van der Waals surface area contributed by atoms with Gasteiger partial charge in [0, 0.05) is 12.4 Å². The molecule has 2 aromatic heterocycles. The first-order chi connectivity index (χ1) is 7.77. The van der Waals surface area contributed by atoms with Crippen molar-refractivity contribution in [1.82, 2.24) is 20.2 Å². The standard InChI is InChI=1S/C9H6ClN5O/c10-7-8(12-4-3-11-7)15-9(16)6-1-2-13-14-5-6/h1-5H,(H,12,15,16). The van der Waals surface area contributed by atoms with E-state index in [9.17, 15) is 4.79 Å². The van der Waals surface area contributed by atoms with E-state index in [2.05, 4.69) is 25.5 Å². The summed E-state index contributed by atoms with van der Waals surface area (Å²) >= 11 is 5.74. The summed E-state index contributed by atoms with van der Waals surface area (Å²) in [6, 6.07) is 1.53. The number of hydrogen-bond donors (Lipinski definition) is 1. The maximum absolute atomic E-state index is 11.7. The van der Waals surface area contributed by atoms with Gasteiger partial charge < -0.3 is 5.32 Å². The highest BCUT2D eigenvalue weighted by atomic mass is 35.5. The molecular formula is C9H6ClN5O. The fourth-order valence-electron chi connectivity index (χ4n) is 1.01. The van der Waals surface area contributed by atoms with E-state index in [1.807, 2.05) is 0 Å². The van der Waals surface area contributed by atoms with Gasteiger partial charge in [-0.2, -0.15) is 10.2 Å². The van der Waals surface area contributed by atoms with Gasteiger partial charge in [0.25, 0.3) is 5.91 Å². The molecule has 0 aliphatic rings. The number of rotatable bonds is 2. The van der Waals surface area contributed by atoms with E-state index in [4.69, 9.17) is 11.6 Å². The van der Waals surface area contributed by atoms with Crippen LogP contribution in [0.15, 0.2) is 30.9 Å². The highest BCUT2D eigenvalue weighted by Gasteiger charge is 2.09. The van der Waals surface area contributed by atoms with E-state index in [0.717, 1.165) is 0 Å². The van der Waals surface area contributed by atoms with E-state index >= 15 is 0 Å². The van der Waals surface area contributed by atoms with E-state index < -0.39 is 0 Å². The average molecular weight is 236 g/mol. The largest absolute Gasteiger partial charge is 0.304 e. The third kappa shape index (κ3) is 2.29. The van der Waals surface area contributed by atoms with Crippen molar-refractivity contribution >= 4 is 23.3 Å². The molecule has 2 aromatic rings. The van der Waals surface area contributed by atoms with Crippen LogP contribution in [-0.4, -0.2) is 26.1 Å². The quantitative estimate of drug-likeness (QED) is 0.845. The zero-order chi connectivity index (χ0) is 11.4. The lowest BCUT2D eigenvalue weighted by Crippen LogP contribution is -2.13. The van der Waals surface area contributed by atoms with Crippen molar-refractivity contribution in [2.45, 2.75) is 0 Å². The fourth-order valence-corrected chi connectivity index (χ4v) is 1.16. The van der Waals surface area contributed by atoms with Crippen molar-refractivity contribution < 1.29 is 4.79 Å². The monoisotopic (exact) mass is 235 g/mol. The maximum Gasteiger partial charge on any atom is 0.258 e. The van der Waals surface area contributed by atoms with Crippen LogP contribution in [0.25, 0.3) is 0 Å². The number of nitrogens with one attached hydrogen (secondary N) is 1. The third-order valence-corrected chi connectivity index (χ3v) is 2.01. The summed E-state index contributed by atoms with van der Waals surface area (Å²) in [5.41, 5.74) is 0.372. The van der Waals surface area contributed by atoms with Crippen LogP contribution in [0.4, 0.5) is 5.82 Å². The minimum Gasteiger partial charge on any atom is -0.304 e. The van der Waals surface area contributed by atoms with Crippen molar-refractivity contribution in [3.8, 4) is 0 Å². The molecule has 0 bridgehead atoms. The molecule has 0 radical (unpaired) electrons. The molecule has 80 valence electrons. The Kier molecular flexibility index (Phi) is 3.02. The first-order valence-corrected chi connectivity index (χ1v) is 4.70. The Balaban J connectivity index is 2.18. The number of carbonyl (C=O) groups is 1. The SMILES string of the molecule is O=C(Nc1nccnc1Cl)c1ccnnc1. The van der Waals surface area contributed by atoms with Crippen LogP contribution in [0.5, 0.6) is 0 Å². The Bertz CT molecular complexity index is 504. The van der Waals surface area contributed by atoms with Crippen molar-refractivity contribution in [2.75, 3.05) is 5.32 Å². The van der Waals surface area contributed by atoms with Crippen LogP contribution < -0.4 is 5.32 Å². The molecular weight excluding hydrogens is 230 g/mol. The summed E-state index contributed by atoms with van der Waals surface area (Å²) in [6.45, 7) is 0. The summed E-state index contributed by atoms with van der Waals surface area (Å²) in [4.78, 5) is 19.3. The summed E-state index contributed by atoms with van der Waals surface area (Å²) in [5.74, 6) is -0.150. The number of halogens is 1. The molecule has 0 spiro atoms. The maximum atomic E-state index is 11.7. The predicted octanol–water partition coefficient (Wildman–Crippen LogP) is 1.17. The Morgan fingerprint density at radius 1 is 1.19 bits per heavy atom. The predicted molar refractivity (Wildman–Crippen MR) is 57.0 cm³/mol. The molecule has 0 atom stereocenters. The average Bonchev–Trinajstić information content (AvgIpc) is 2.33. The Labute approximate surface area is 95.7 Å². The lowest BCUT2D eigenvalue weighted by molar-refractivity contribution is 0.102. The van der Waals surface area contributed by atoms with Crippen molar-refractivity contribution in [3.05, 3.63) is 41.6 Å². The number of carbonyl (C=O) groups excluding carboxylic acids is 1.